The standard InChI is InChI=1S/C13H16BrClFNO3S/c1-7(2)4-8(3)17-13(18)9-5-12(21(15,19)20)10(14)6-11(9)16/h5-8H,4H2,1-3H3,(H,17,18). The lowest BCUT2D eigenvalue weighted by Crippen LogP contribution is -2.34. The summed E-state index contributed by atoms with van der Waals surface area (Å²) in [6.45, 7) is 5.80. The number of nitrogens with one attached hydrogen (secondary N) is 1. The molecule has 1 N–H and O–H groups in total. The Hall–Kier alpha value is -0.660. The fraction of sp³-hybridized carbons (Fsp3) is 0.462. The summed E-state index contributed by atoms with van der Waals surface area (Å²) in [6, 6.07) is 1.69. The molecular weight excluding hydrogens is 385 g/mol. The van der Waals surface area contributed by atoms with Crippen LogP contribution in [0.2, 0.25) is 0 Å². The van der Waals surface area contributed by atoms with Crippen LogP contribution in [0.4, 0.5) is 4.39 Å². The predicted molar refractivity (Wildman–Crippen MR) is 83.5 cm³/mol. The average Bonchev–Trinajstić information content (AvgIpc) is 2.24. The first-order valence-corrected chi connectivity index (χ1v) is 9.37. The number of hydrogen-bond acceptors (Lipinski definition) is 3. The maximum absolute atomic E-state index is 13.9. The fourth-order valence-electron chi connectivity index (χ4n) is 1.96. The highest BCUT2D eigenvalue weighted by atomic mass is 79.9. The third-order valence-corrected chi connectivity index (χ3v) is 5.01. The molecule has 0 radical (unpaired) electrons. The largest absolute Gasteiger partial charge is 0.349 e. The van der Waals surface area contributed by atoms with E-state index in [0.29, 0.717) is 5.92 Å². The van der Waals surface area contributed by atoms with Crippen LogP contribution in [0.5, 0.6) is 0 Å². The van der Waals surface area contributed by atoms with Crippen LogP contribution in [0.15, 0.2) is 21.5 Å². The normalized spacial score (nSPS) is 13.3. The molecule has 4 nitrogen and oxygen atoms in total. The Kier molecular flexibility index (Phi) is 6.19. The van der Waals surface area contributed by atoms with E-state index in [1.807, 2.05) is 13.8 Å². The average molecular weight is 401 g/mol. The SMILES string of the molecule is CC(C)CC(C)NC(=O)c1cc(S(=O)(=O)Cl)c(Br)cc1F. The minimum atomic E-state index is -4.08. The van der Waals surface area contributed by atoms with Gasteiger partial charge in [0.15, 0.2) is 0 Å². The molecular formula is C13H16BrClFNO3S. The molecule has 0 spiro atoms. The molecule has 0 saturated heterocycles. The molecule has 0 aliphatic carbocycles. The minimum absolute atomic E-state index is 0.0261. The van der Waals surface area contributed by atoms with E-state index in [0.717, 1.165) is 18.6 Å². The van der Waals surface area contributed by atoms with Gasteiger partial charge >= 0.3 is 0 Å². The topological polar surface area (TPSA) is 63.2 Å². The van der Waals surface area contributed by atoms with E-state index in [2.05, 4.69) is 21.2 Å². The van der Waals surface area contributed by atoms with Crippen LogP contribution < -0.4 is 5.32 Å². The molecule has 8 heteroatoms. The van der Waals surface area contributed by atoms with E-state index in [-0.39, 0.29) is 21.0 Å². The van der Waals surface area contributed by atoms with Gasteiger partial charge in [-0.05, 0) is 47.3 Å². The molecule has 0 heterocycles. The van der Waals surface area contributed by atoms with Gasteiger partial charge in [-0.2, -0.15) is 0 Å². The Bertz CT molecular complexity index is 649. The van der Waals surface area contributed by atoms with E-state index >= 15 is 0 Å². The van der Waals surface area contributed by atoms with E-state index in [1.54, 1.807) is 6.92 Å². The number of benzene rings is 1. The smallest absolute Gasteiger partial charge is 0.262 e. The van der Waals surface area contributed by atoms with Crippen LogP contribution in [-0.4, -0.2) is 20.4 Å². The van der Waals surface area contributed by atoms with Gasteiger partial charge in [0.05, 0.1) is 10.5 Å². The fourth-order valence-corrected chi connectivity index (χ4v) is 4.13. The second-order valence-electron chi connectivity index (χ2n) is 5.20. The number of amides is 1. The van der Waals surface area contributed by atoms with E-state index in [4.69, 9.17) is 10.7 Å². The Morgan fingerprint density at radius 2 is 1.95 bits per heavy atom. The molecule has 0 bridgehead atoms. The van der Waals surface area contributed by atoms with Gasteiger partial charge < -0.3 is 5.32 Å². The zero-order valence-corrected chi connectivity index (χ0v) is 14.9. The molecule has 118 valence electrons. The zero-order valence-electron chi connectivity index (χ0n) is 11.8. The van der Waals surface area contributed by atoms with Gasteiger partial charge in [0, 0.05) is 21.2 Å². The van der Waals surface area contributed by atoms with E-state index < -0.39 is 20.8 Å². The summed E-state index contributed by atoms with van der Waals surface area (Å²) in [4.78, 5) is 11.7. The quantitative estimate of drug-likeness (QED) is 0.767. The lowest BCUT2D eigenvalue weighted by atomic mass is 10.0. The van der Waals surface area contributed by atoms with Gasteiger partial charge in [-0.15, -0.1) is 0 Å². The first-order chi connectivity index (χ1) is 9.52. The highest BCUT2D eigenvalue weighted by Gasteiger charge is 2.22. The van der Waals surface area contributed by atoms with Gasteiger partial charge in [-0.25, -0.2) is 12.8 Å². The molecule has 0 fully saturated rings. The summed E-state index contributed by atoms with van der Waals surface area (Å²) in [5, 5.41) is 2.63. The van der Waals surface area contributed by atoms with Crippen molar-refractivity contribution < 1.29 is 17.6 Å². The van der Waals surface area contributed by atoms with Crippen LogP contribution >= 0.6 is 26.6 Å². The van der Waals surface area contributed by atoms with E-state index in [1.165, 1.54) is 0 Å². The third-order valence-electron chi connectivity index (χ3n) is 2.73. The highest BCUT2D eigenvalue weighted by molar-refractivity contribution is 9.10. The molecule has 1 unspecified atom stereocenters. The van der Waals surface area contributed by atoms with Crippen molar-refractivity contribution in [3.8, 4) is 0 Å². The molecule has 0 aliphatic heterocycles. The van der Waals surface area contributed by atoms with Crippen molar-refractivity contribution in [3.63, 3.8) is 0 Å². The molecule has 21 heavy (non-hydrogen) atoms. The monoisotopic (exact) mass is 399 g/mol. The molecule has 0 saturated carbocycles. The number of hydrogen-bond donors (Lipinski definition) is 1. The summed E-state index contributed by atoms with van der Waals surface area (Å²) in [6.07, 6.45) is 0.727. The summed E-state index contributed by atoms with van der Waals surface area (Å²) in [7, 11) is 1.18. The van der Waals surface area contributed by atoms with Gasteiger partial charge in [-0.1, -0.05) is 13.8 Å². The van der Waals surface area contributed by atoms with Crippen molar-refractivity contribution in [1.82, 2.24) is 5.32 Å². The van der Waals surface area contributed by atoms with Crippen molar-refractivity contribution in [3.05, 3.63) is 28.0 Å². The molecule has 0 aromatic heterocycles. The Morgan fingerprint density at radius 1 is 1.38 bits per heavy atom. The molecule has 1 rings (SSSR count). The predicted octanol–water partition coefficient (Wildman–Crippen LogP) is 3.68. The van der Waals surface area contributed by atoms with Crippen LogP contribution in [0.25, 0.3) is 0 Å². The lowest BCUT2D eigenvalue weighted by Gasteiger charge is -2.16. The highest BCUT2D eigenvalue weighted by Crippen LogP contribution is 2.28. The Labute approximate surface area is 136 Å². The van der Waals surface area contributed by atoms with Crippen LogP contribution in [0, 0.1) is 11.7 Å². The van der Waals surface area contributed by atoms with Crippen molar-refractivity contribution in [2.45, 2.75) is 38.1 Å². The number of carbonyl (C=O) groups excluding carboxylic acids is 1. The molecule has 1 atom stereocenters. The van der Waals surface area contributed by atoms with Crippen molar-refractivity contribution >= 4 is 41.6 Å². The summed E-state index contributed by atoms with van der Waals surface area (Å²) in [5.74, 6) is -1.12. The number of halogens is 3. The van der Waals surface area contributed by atoms with Crippen molar-refractivity contribution in [2.24, 2.45) is 5.92 Å². The maximum atomic E-state index is 13.9. The van der Waals surface area contributed by atoms with Gasteiger partial charge in [0.1, 0.15) is 5.82 Å². The zero-order chi connectivity index (χ0) is 16.4. The molecule has 1 aromatic rings. The molecule has 0 aliphatic rings. The van der Waals surface area contributed by atoms with Crippen LogP contribution in [0.3, 0.4) is 0 Å². The van der Waals surface area contributed by atoms with Crippen LogP contribution in [0.1, 0.15) is 37.6 Å². The Morgan fingerprint density at radius 3 is 2.43 bits per heavy atom. The Balaban J connectivity index is 3.10. The summed E-state index contributed by atoms with van der Waals surface area (Å²) < 4.78 is 36.6. The minimum Gasteiger partial charge on any atom is -0.349 e. The maximum Gasteiger partial charge on any atom is 0.262 e. The van der Waals surface area contributed by atoms with Gasteiger partial charge in [0.25, 0.3) is 15.0 Å². The number of carbonyl (C=O) groups is 1. The van der Waals surface area contributed by atoms with E-state index in [9.17, 15) is 17.6 Å². The molecule has 1 aromatic carbocycles. The van der Waals surface area contributed by atoms with Crippen LogP contribution in [-0.2, 0) is 9.05 Å². The van der Waals surface area contributed by atoms with Gasteiger partial charge in [-0.3, -0.25) is 4.79 Å². The number of rotatable bonds is 5. The summed E-state index contributed by atoms with van der Waals surface area (Å²) >= 11 is 2.91. The molecule has 1 amide bonds. The van der Waals surface area contributed by atoms with Gasteiger partial charge in [0.2, 0.25) is 0 Å². The lowest BCUT2D eigenvalue weighted by molar-refractivity contribution is 0.0931. The van der Waals surface area contributed by atoms with Crippen molar-refractivity contribution in [1.29, 1.82) is 0 Å². The summed E-state index contributed by atoms with van der Waals surface area (Å²) in [5.41, 5.74) is -0.354. The third kappa shape index (κ3) is 5.23. The second kappa shape index (κ2) is 7.07. The van der Waals surface area contributed by atoms with Crippen molar-refractivity contribution in [2.75, 3.05) is 0 Å². The second-order valence-corrected chi connectivity index (χ2v) is 8.59. The first-order valence-electron chi connectivity index (χ1n) is 6.27. The first kappa shape index (κ1) is 18.4.